The molecule has 0 aliphatic carbocycles. The third kappa shape index (κ3) is 4.07. The van der Waals surface area contributed by atoms with Crippen molar-refractivity contribution >= 4 is 28.6 Å². The summed E-state index contributed by atoms with van der Waals surface area (Å²) in [5.74, 6) is -0.0862. The molecule has 0 aliphatic rings. The van der Waals surface area contributed by atoms with Crippen LogP contribution in [0.5, 0.6) is 0 Å². The van der Waals surface area contributed by atoms with Gasteiger partial charge in [-0.25, -0.2) is 4.98 Å². The lowest BCUT2D eigenvalue weighted by Crippen LogP contribution is -2.27. The Bertz CT molecular complexity index is 1110. The highest BCUT2D eigenvalue weighted by molar-refractivity contribution is 7.99. The van der Waals surface area contributed by atoms with E-state index in [2.05, 4.69) is 10.3 Å². The van der Waals surface area contributed by atoms with E-state index in [1.807, 2.05) is 50.2 Å². The highest BCUT2D eigenvalue weighted by atomic mass is 32.2. The molecule has 0 atom stereocenters. The van der Waals surface area contributed by atoms with Gasteiger partial charge in [-0.3, -0.25) is 14.2 Å². The number of carbonyl (C=O) groups is 1. The Morgan fingerprint density at radius 3 is 2.61 bits per heavy atom. The fraction of sp³-hybridized carbons (Fsp3) is 0.238. The Labute approximate surface area is 167 Å². The molecule has 0 unspecified atom stereocenters. The molecule has 0 fully saturated rings. The largest absolute Gasteiger partial charge is 0.354 e. The Morgan fingerprint density at radius 2 is 1.89 bits per heavy atom. The number of rotatable bonds is 6. The van der Waals surface area contributed by atoms with Gasteiger partial charge in [-0.2, -0.15) is 5.26 Å². The molecule has 0 spiro atoms. The molecule has 1 aromatic heterocycles. The molecule has 28 heavy (non-hydrogen) atoms. The topological polar surface area (TPSA) is 87.8 Å². The maximum absolute atomic E-state index is 13.3. The first-order valence-corrected chi connectivity index (χ1v) is 9.86. The fourth-order valence-electron chi connectivity index (χ4n) is 3.00. The van der Waals surface area contributed by atoms with Gasteiger partial charge >= 0.3 is 0 Å². The minimum Gasteiger partial charge on any atom is -0.354 e. The van der Waals surface area contributed by atoms with Crippen molar-refractivity contribution in [3.05, 3.63) is 63.9 Å². The molecular formula is C21H20N4O2S. The Balaban J connectivity index is 2.07. The van der Waals surface area contributed by atoms with Gasteiger partial charge in [-0.1, -0.05) is 42.1 Å². The van der Waals surface area contributed by atoms with Gasteiger partial charge in [0, 0.05) is 6.54 Å². The number of carbonyl (C=O) groups excluding carboxylic acids is 1. The first-order valence-electron chi connectivity index (χ1n) is 8.87. The average Bonchev–Trinajstić information content (AvgIpc) is 2.68. The zero-order valence-electron chi connectivity index (χ0n) is 15.7. The maximum atomic E-state index is 13.3. The number of amides is 1. The lowest BCUT2D eigenvalue weighted by molar-refractivity contribution is -0.118. The SMILES string of the molecule is Cc1cccc(C)c1-n1c(SCC(=O)NCCC#N)nc2ccccc2c1=O. The van der Waals surface area contributed by atoms with Crippen LogP contribution in [0.15, 0.2) is 52.4 Å². The quantitative estimate of drug-likeness (QED) is 0.396. The molecule has 6 nitrogen and oxygen atoms in total. The fourth-order valence-corrected chi connectivity index (χ4v) is 3.83. The number of nitriles is 1. The van der Waals surface area contributed by atoms with Crippen molar-refractivity contribution in [1.29, 1.82) is 5.26 Å². The summed E-state index contributed by atoms with van der Waals surface area (Å²) < 4.78 is 1.60. The highest BCUT2D eigenvalue weighted by Gasteiger charge is 2.17. The third-order valence-electron chi connectivity index (χ3n) is 4.30. The average molecular weight is 392 g/mol. The summed E-state index contributed by atoms with van der Waals surface area (Å²) in [7, 11) is 0. The van der Waals surface area contributed by atoms with Crippen molar-refractivity contribution in [3.63, 3.8) is 0 Å². The number of thioether (sulfide) groups is 1. The van der Waals surface area contributed by atoms with E-state index in [1.54, 1.807) is 16.7 Å². The summed E-state index contributed by atoms with van der Waals surface area (Å²) in [6, 6.07) is 15.0. The van der Waals surface area contributed by atoms with Crippen LogP contribution in [0.25, 0.3) is 16.6 Å². The van der Waals surface area contributed by atoms with E-state index >= 15 is 0 Å². The van der Waals surface area contributed by atoms with E-state index in [4.69, 9.17) is 5.26 Å². The van der Waals surface area contributed by atoms with Crippen LogP contribution >= 0.6 is 11.8 Å². The number of aromatic nitrogens is 2. The Morgan fingerprint density at radius 1 is 1.18 bits per heavy atom. The third-order valence-corrected chi connectivity index (χ3v) is 5.24. The van der Waals surface area contributed by atoms with Crippen molar-refractivity contribution in [2.24, 2.45) is 0 Å². The smallest absolute Gasteiger partial charge is 0.266 e. The molecule has 7 heteroatoms. The lowest BCUT2D eigenvalue weighted by Gasteiger charge is -2.17. The molecular weight excluding hydrogens is 372 g/mol. The number of nitrogens with one attached hydrogen (secondary N) is 1. The van der Waals surface area contributed by atoms with Crippen LogP contribution in [-0.2, 0) is 4.79 Å². The summed E-state index contributed by atoms with van der Waals surface area (Å²) in [5.41, 5.74) is 3.15. The standard InChI is InChI=1S/C21H20N4O2S/c1-14-7-5-8-15(2)19(14)25-20(27)16-9-3-4-10-17(16)24-21(25)28-13-18(26)23-12-6-11-22/h3-5,7-10H,6,12-13H2,1-2H3,(H,23,26). The molecule has 3 rings (SSSR count). The van der Waals surface area contributed by atoms with Crippen LogP contribution in [0.2, 0.25) is 0 Å². The van der Waals surface area contributed by atoms with Gasteiger partial charge in [-0.05, 0) is 37.1 Å². The van der Waals surface area contributed by atoms with Crippen molar-refractivity contribution < 1.29 is 4.79 Å². The van der Waals surface area contributed by atoms with Gasteiger partial charge in [0.25, 0.3) is 5.56 Å². The number of hydrogen-bond acceptors (Lipinski definition) is 5. The molecule has 1 heterocycles. The van der Waals surface area contributed by atoms with Crippen LogP contribution in [0.4, 0.5) is 0 Å². The van der Waals surface area contributed by atoms with Gasteiger partial charge in [0.15, 0.2) is 5.16 Å². The van der Waals surface area contributed by atoms with Crippen molar-refractivity contribution in [2.45, 2.75) is 25.4 Å². The van der Waals surface area contributed by atoms with Crippen LogP contribution in [0, 0.1) is 25.2 Å². The normalized spacial score (nSPS) is 10.6. The summed E-state index contributed by atoms with van der Waals surface area (Å²) in [4.78, 5) is 30.0. The van der Waals surface area contributed by atoms with Gasteiger partial charge < -0.3 is 5.32 Å². The first-order chi connectivity index (χ1) is 13.5. The monoisotopic (exact) mass is 392 g/mol. The summed E-state index contributed by atoms with van der Waals surface area (Å²) >= 11 is 1.21. The van der Waals surface area contributed by atoms with Crippen LogP contribution in [-0.4, -0.2) is 27.8 Å². The van der Waals surface area contributed by atoms with Crippen molar-refractivity contribution in [2.75, 3.05) is 12.3 Å². The maximum Gasteiger partial charge on any atom is 0.266 e. The molecule has 0 bridgehead atoms. The van der Waals surface area contributed by atoms with Gasteiger partial charge in [-0.15, -0.1) is 0 Å². The molecule has 0 aliphatic heterocycles. The van der Waals surface area contributed by atoms with E-state index in [1.165, 1.54) is 11.8 Å². The predicted octanol–water partition coefficient (Wildman–Crippen LogP) is 3.12. The molecule has 0 radical (unpaired) electrons. The zero-order chi connectivity index (χ0) is 20.1. The molecule has 0 saturated carbocycles. The lowest BCUT2D eigenvalue weighted by atomic mass is 10.1. The molecule has 3 aromatic rings. The Kier molecular flexibility index (Phi) is 6.12. The van der Waals surface area contributed by atoms with E-state index in [0.717, 1.165) is 16.8 Å². The molecule has 0 saturated heterocycles. The van der Waals surface area contributed by atoms with Crippen LogP contribution in [0.1, 0.15) is 17.5 Å². The summed E-state index contributed by atoms with van der Waals surface area (Å²) in [6.45, 7) is 4.21. The van der Waals surface area contributed by atoms with E-state index < -0.39 is 0 Å². The van der Waals surface area contributed by atoms with E-state index in [0.29, 0.717) is 22.6 Å². The number of hydrogen-bond donors (Lipinski definition) is 1. The number of para-hydroxylation sites is 2. The first kappa shape index (κ1) is 19.6. The van der Waals surface area contributed by atoms with Crippen molar-refractivity contribution in [3.8, 4) is 11.8 Å². The molecule has 1 N–H and O–H groups in total. The van der Waals surface area contributed by atoms with Crippen LogP contribution < -0.4 is 10.9 Å². The summed E-state index contributed by atoms with van der Waals surface area (Å²) in [5, 5.41) is 12.3. The predicted molar refractivity (Wildman–Crippen MR) is 111 cm³/mol. The van der Waals surface area contributed by atoms with E-state index in [-0.39, 0.29) is 23.6 Å². The zero-order valence-corrected chi connectivity index (χ0v) is 16.5. The number of aryl methyl sites for hydroxylation is 2. The minimum atomic E-state index is -0.198. The second-order valence-corrected chi connectivity index (χ2v) is 7.28. The van der Waals surface area contributed by atoms with Crippen LogP contribution in [0.3, 0.4) is 0 Å². The Hall–Kier alpha value is -3.11. The highest BCUT2D eigenvalue weighted by Crippen LogP contribution is 2.25. The van der Waals surface area contributed by atoms with Gasteiger partial charge in [0.1, 0.15) is 0 Å². The number of benzene rings is 2. The molecule has 1 amide bonds. The minimum absolute atomic E-state index is 0.112. The number of fused-ring (bicyclic) bond motifs is 1. The number of nitrogens with zero attached hydrogens (tertiary/aromatic N) is 3. The molecule has 142 valence electrons. The van der Waals surface area contributed by atoms with E-state index in [9.17, 15) is 9.59 Å². The van der Waals surface area contributed by atoms with Gasteiger partial charge in [0.05, 0.1) is 34.8 Å². The second-order valence-electron chi connectivity index (χ2n) is 6.34. The van der Waals surface area contributed by atoms with Crippen molar-refractivity contribution in [1.82, 2.24) is 14.9 Å². The molecule has 2 aromatic carbocycles. The summed E-state index contributed by atoms with van der Waals surface area (Å²) in [6.07, 6.45) is 0.262. The van der Waals surface area contributed by atoms with Gasteiger partial charge in [0.2, 0.25) is 5.91 Å². The second kappa shape index (κ2) is 8.72.